The van der Waals surface area contributed by atoms with Crippen LogP contribution in [0.4, 0.5) is 5.69 Å². The van der Waals surface area contributed by atoms with Crippen LogP contribution in [-0.4, -0.2) is 41.7 Å². The molecule has 32 heavy (non-hydrogen) atoms. The number of rotatable bonds is 6. The van der Waals surface area contributed by atoms with Crippen LogP contribution in [0.2, 0.25) is 0 Å². The zero-order chi connectivity index (χ0) is 22.8. The lowest BCUT2D eigenvalue weighted by atomic mass is 10.0. The van der Waals surface area contributed by atoms with E-state index in [4.69, 9.17) is 4.74 Å². The lowest BCUT2D eigenvalue weighted by Crippen LogP contribution is -2.52. The molecule has 0 aliphatic carbocycles. The van der Waals surface area contributed by atoms with Crippen molar-refractivity contribution in [1.29, 1.82) is 0 Å². The van der Waals surface area contributed by atoms with Gasteiger partial charge in [-0.2, -0.15) is 0 Å². The van der Waals surface area contributed by atoms with Crippen LogP contribution in [0.5, 0.6) is 5.75 Å². The van der Waals surface area contributed by atoms with E-state index in [9.17, 15) is 19.2 Å². The van der Waals surface area contributed by atoms with Gasteiger partial charge in [0.25, 0.3) is 5.91 Å². The predicted molar refractivity (Wildman–Crippen MR) is 121 cm³/mol. The standard InChI is InChI=1S/C24H25N3O5.2H2/c1-14-3-7-17(12-20(14)32-2)25-21(28)9-5-15-4-6-16-13-27(24(31)18(16)11-15)19-8-10-22(29)26-23(19)30;;/h3-4,6-7,11-12,19H,5,8-10,13H2,1-2H3,(H,25,28)(H,26,29,30);2*1H. The van der Waals surface area contributed by atoms with Crippen molar-refractivity contribution in [1.82, 2.24) is 10.2 Å². The molecule has 1 unspecified atom stereocenters. The second-order valence-electron chi connectivity index (χ2n) is 8.12. The minimum absolute atomic E-state index is 0. The van der Waals surface area contributed by atoms with Gasteiger partial charge in [0.1, 0.15) is 11.8 Å². The van der Waals surface area contributed by atoms with Crippen LogP contribution in [0.3, 0.4) is 0 Å². The molecule has 1 fully saturated rings. The molecule has 4 rings (SSSR count). The van der Waals surface area contributed by atoms with Crippen LogP contribution in [-0.2, 0) is 27.3 Å². The van der Waals surface area contributed by atoms with Gasteiger partial charge in [0.2, 0.25) is 17.7 Å². The highest BCUT2D eigenvalue weighted by atomic mass is 16.5. The molecule has 0 saturated carbocycles. The first kappa shape index (κ1) is 21.5. The fourth-order valence-corrected chi connectivity index (χ4v) is 4.14. The first-order valence-corrected chi connectivity index (χ1v) is 10.6. The number of nitrogens with one attached hydrogen (secondary N) is 2. The third kappa shape index (κ3) is 4.34. The molecule has 0 radical (unpaired) electrons. The van der Waals surface area contributed by atoms with Crippen LogP contribution in [0.1, 0.15) is 49.2 Å². The first-order valence-electron chi connectivity index (χ1n) is 10.6. The second kappa shape index (κ2) is 8.82. The molecular weight excluding hydrogens is 410 g/mol. The number of ether oxygens (including phenoxy) is 1. The van der Waals surface area contributed by atoms with E-state index in [0.29, 0.717) is 36.4 Å². The maximum absolute atomic E-state index is 12.9. The van der Waals surface area contributed by atoms with Crippen LogP contribution in [0.25, 0.3) is 0 Å². The lowest BCUT2D eigenvalue weighted by Gasteiger charge is -2.29. The van der Waals surface area contributed by atoms with Crippen molar-refractivity contribution in [3.05, 3.63) is 58.7 Å². The van der Waals surface area contributed by atoms with Gasteiger partial charge in [0.15, 0.2) is 0 Å². The average molecular weight is 440 g/mol. The number of carbonyl (C=O) groups excluding carboxylic acids is 4. The van der Waals surface area contributed by atoms with Crippen molar-refractivity contribution in [2.45, 2.75) is 45.2 Å². The summed E-state index contributed by atoms with van der Waals surface area (Å²) in [7, 11) is 1.59. The number of benzene rings is 2. The summed E-state index contributed by atoms with van der Waals surface area (Å²) in [6.45, 7) is 2.28. The molecule has 8 heteroatoms. The van der Waals surface area contributed by atoms with E-state index < -0.39 is 11.9 Å². The summed E-state index contributed by atoms with van der Waals surface area (Å²) < 4.78 is 5.28. The molecule has 4 amide bonds. The third-order valence-corrected chi connectivity index (χ3v) is 5.93. The van der Waals surface area contributed by atoms with Gasteiger partial charge in [-0.15, -0.1) is 0 Å². The summed E-state index contributed by atoms with van der Waals surface area (Å²) in [6, 6.07) is 10.4. The van der Waals surface area contributed by atoms with Gasteiger partial charge in [-0.1, -0.05) is 18.2 Å². The average Bonchev–Trinajstić information content (AvgIpc) is 3.09. The molecule has 1 atom stereocenters. The van der Waals surface area contributed by atoms with Crippen LogP contribution >= 0.6 is 0 Å². The summed E-state index contributed by atoms with van der Waals surface area (Å²) in [4.78, 5) is 50.4. The molecule has 2 aliphatic heterocycles. The van der Waals surface area contributed by atoms with E-state index in [1.165, 1.54) is 4.90 Å². The molecule has 1 saturated heterocycles. The van der Waals surface area contributed by atoms with Gasteiger partial charge < -0.3 is 15.0 Å². The fraction of sp³-hybridized carbons (Fsp3) is 0.333. The van der Waals surface area contributed by atoms with Gasteiger partial charge >= 0.3 is 0 Å². The molecule has 0 bridgehead atoms. The van der Waals surface area contributed by atoms with Gasteiger partial charge in [-0.25, -0.2) is 0 Å². The predicted octanol–water partition coefficient (Wildman–Crippen LogP) is 2.83. The smallest absolute Gasteiger partial charge is 0.255 e. The minimum Gasteiger partial charge on any atom is -0.496 e. The van der Waals surface area contributed by atoms with E-state index in [1.54, 1.807) is 19.2 Å². The third-order valence-electron chi connectivity index (χ3n) is 5.93. The van der Waals surface area contributed by atoms with Crippen molar-refractivity contribution in [3.8, 4) is 5.75 Å². The summed E-state index contributed by atoms with van der Waals surface area (Å²) in [5.41, 5.74) is 3.93. The Morgan fingerprint density at radius 3 is 2.78 bits per heavy atom. The van der Waals surface area contributed by atoms with Gasteiger partial charge in [-0.05, 0) is 48.6 Å². The number of hydrogen-bond donors (Lipinski definition) is 2. The van der Waals surface area contributed by atoms with Gasteiger partial charge in [0.05, 0.1) is 7.11 Å². The lowest BCUT2D eigenvalue weighted by molar-refractivity contribution is -0.137. The molecule has 2 heterocycles. The number of amides is 4. The van der Waals surface area contributed by atoms with Crippen molar-refractivity contribution >= 4 is 29.3 Å². The Balaban J connectivity index is 0.00000204. The quantitative estimate of drug-likeness (QED) is 0.674. The minimum atomic E-state index is -0.631. The topological polar surface area (TPSA) is 105 Å². The van der Waals surface area contributed by atoms with Crippen molar-refractivity contribution in [2.24, 2.45) is 0 Å². The molecule has 2 N–H and O–H groups in total. The molecule has 8 nitrogen and oxygen atoms in total. The Hall–Kier alpha value is -3.68. The Kier molecular flexibility index (Phi) is 5.94. The van der Waals surface area contributed by atoms with Crippen molar-refractivity contribution in [2.75, 3.05) is 12.4 Å². The highest BCUT2D eigenvalue weighted by Gasteiger charge is 2.39. The van der Waals surface area contributed by atoms with Crippen LogP contribution in [0, 0.1) is 6.92 Å². The van der Waals surface area contributed by atoms with E-state index in [1.807, 2.05) is 31.2 Å². The molecule has 0 spiro atoms. The zero-order valence-electron chi connectivity index (χ0n) is 18.1. The Morgan fingerprint density at radius 2 is 2.03 bits per heavy atom. The molecule has 0 aromatic heterocycles. The maximum atomic E-state index is 12.9. The number of carbonyl (C=O) groups is 4. The van der Waals surface area contributed by atoms with E-state index in [2.05, 4.69) is 10.6 Å². The number of hydrogen-bond acceptors (Lipinski definition) is 5. The molecule has 170 valence electrons. The normalized spacial score (nSPS) is 17.8. The number of nitrogens with zero attached hydrogens (tertiary/aromatic N) is 1. The highest BCUT2D eigenvalue weighted by molar-refractivity contribution is 6.05. The molecule has 2 aliphatic rings. The first-order chi connectivity index (χ1) is 15.4. The molecule has 2 aromatic carbocycles. The number of anilines is 1. The molecule has 2 aromatic rings. The number of methoxy groups -OCH3 is 1. The van der Waals surface area contributed by atoms with Crippen LogP contribution in [0.15, 0.2) is 36.4 Å². The maximum Gasteiger partial charge on any atom is 0.255 e. The Labute approximate surface area is 188 Å². The summed E-state index contributed by atoms with van der Waals surface area (Å²) in [5, 5.41) is 5.17. The Bertz CT molecular complexity index is 1120. The Morgan fingerprint density at radius 1 is 1.22 bits per heavy atom. The van der Waals surface area contributed by atoms with Gasteiger partial charge in [0, 0.05) is 39.6 Å². The van der Waals surface area contributed by atoms with E-state index >= 15 is 0 Å². The largest absolute Gasteiger partial charge is 0.496 e. The van der Waals surface area contributed by atoms with Crippen molar-refractivity contribution < 1.29 is 26.8 Å². The zero-order valence-corrected chi connectivity index (χ0v) is 18.1. The summed E-state index contributed by atoms with van der Waals surface area (Å²) in [5.74, 6) is -0.368. The number of fused-ring (bicyclic) bond motifs is 1. The van der Waals surface area contributed by atoms with E-state index in [0.717, 1.165) is 16.7 Å². The number of imide groups is 1. The fourth-order valence-electron chi connectivity index (χ4n) is 4.14. The van der Waals surface area contributed by atoms with Gasteiger partial charge in [-0.3, -0.25) is 24.5 Å². The SMILES string of the molecule is COc1cc(NC(=O)CCc2ccc3c(c2)C(=O)N(C2CCC(=O)NC2=O)C3)ccc1C.[HH].[HH]. The number of aryl methyl sites for hydroxylation is 2. The summed E-state index contributed by atoms with van der Waals surface area (Å²) in [6.07, 6.45) is 1.30. The second-order valence-corrected chi connectivity index (χ2v) is 8.12. The van der Waals surface area contributed by atoms with E-state index in [-0.39, 0.29) is 33.4 Å². The number of piperidine rings is 1. The molecular formula is C24H29N3O5. The summed E-state index contributed by atoms with van der Waals surface area (Å²) >= 11 is 0. The van der Waals surface area contributed by atoms with Crippen molar-refractivity contribution in [3.63, 3.8) is 0 Å². The monoisotopic (exact) mass is 439 g/mol. The highest BCUT2D eigenvalue weighted by Crippen LogP contribution is 2.28. The van der Waals surface area contributed by atoms with Crippen LogP contribution < -0.4 is 15.4 Å².